The molecule has 0 heterocycles. The minimum Gasteiger partial charge on any atom is -0.504 e. The number of phenols is 1. The molecular weight excluding hydrogens is 288 g/mol. The second kappa shape index (κ2) is 5.77. The smallest absolute Gasteiger partial charge is 0.175 e. The first kappa shape index (κ1) is 15.4. The highest BCUT2D eigenvalue weighted by Crippen LogP contribution is 2.32. The van der Waals surface area contributed by atoms with Gasteiger partial charge in [0.05, 0.1) is 11.0 Å². The molecule has 0 aliphatic carbocycles. The fourth-order valence-corrected chi connectivity index (χ4v) is 2.58. The first-order valence-electron chi connectivity index (χ1n) is 6.57. The first-order valence-corrected chi connectivity index (χ1v) is 8.46. The molecule has 5 heteroatoms. The van der Waals surface area contributed by atoms with Crippen LogP contribution in [-0.4, -0.2) is 25.9 Å². The number of benzene rings is 2. The summed E-state index contributed by atoms with van der Waals surface area (Å²) in [7, 11) is -3.20. The van der Waals surface area contributed by atoms with Gasteiger partial charge in [-0.1, -0.05) is 18.2 Å². The third-order valence-electron chi connectivity index (χ3n) is 2.94. The molecule has 2 aromatic carbocycles. The first-order chi connectivity index (χ1) is 9.77. The quantitative estimate of drug-likeness (QED) is 0.941. The molecule has 0 aliphatic rings. The lowest BCUT2D eigenvalue weighted by atomic mass is 10.1. The van der Waals surface area contributed by atoms with E-state index >= 15 is 0 Å². The average Bonchev–Trinajstić information content (AvgIpc) is 2.40. The minimum atomic E-state index is -3.20. The maximum absolute atomic E-state index is 11.4. The van der Waals surface area contributed by atoms with Gasteiger partial charge < -0.3 is 9.84 Å². The fraction of sp³-hybridized carbons (Fsp3) is 0.250. The molecule has 0 amide bonds. The molecule has 0 saturated heterocycles. The van der Waals surface area contributed by atoms with Gasteiger partial charge in [-0.2, -0.15) is 0 Å². The van der Waals surface area contributed by atoms with E-state index in [1.54, 1.807) is 36.4 Å². The summed E-state index contributed by atoms with van der Waals surface area (Å²) in [6, 6.07) is 11.7. The van der Waals surface area contributed by atoms with Crippen LogP contribution in [0.1, 0.15) is 13.8 Å². The number of phenolic OH excluding ortho intramolecular Hbond substituents is 1. The number of ether oxygens (including phenoxy) is 1. The third kappa shape index (κ3) is 3.76. The summed E-state index contributed by atoms with van der Waals surface area (Å²) < 4.78 is 28.3. The molecule has 1 N–H and O–H groups in total. The predicted molar refractivity (Wildman–Crippen MR) is 82.4 cm³/mol. The van der Waals surface area contributed by atoms with Crippen LogP contribution < -0.4 is 4.74 Å². The summed E-state index contributed by atoms with van der Waals surface area (Å²) >= 11 is 0. The highest BCUT2D eigenvalue weighted by Gasteiger charge is 2.09. The zero-order valence-electron chi connectivity index (χ0n) is 12.2. The number of sulfone groups is 1. The molecule has 0 atom stereocenters. The van der Waals surface area contributed by atoms with Crippen molar-refractivity contribution < 1.29 is 18.3 Å². The van der Waals surface area contributed by atoms with E-state index in [0.717, 1.165) is 11.1 Å². The number of rotatable bonds is 4. The summed E-state index contributed by atoms with van der Waals surface area (Å²) in [6.07, 6.45) is 1.15. The van der Waals surface area contributed by atoms with E-state index in [1.165, 1.54) is 6.26 Å². The maximum Gasteiger partial charge on any atom is 0.175 e. The SMILES string of the molecule is CC(C)Oc1ccc(-c2ccc(S(C)(=O)=O)cc2)cc1O. The summed E-state index contributed by atoms with van der Waals surface area (Å²) in [6.45, 7) is 3.77. The lowest BCUT2D eigenvalue weighted by molar-refractivity contribution is 0.232. The second-order valence-electron chi connectivity index (χ2n) is 5.15. The Balaban J connectivity index is 2.32. The molecule has 21 heavy (non-hydrogen) atoms. The molecule has 0 saturated carbocycles. The highest BCUT2D eigenvalue weighted by molar-refractivity contribution is 7.90. The van der Waals surface area contributed by atoms with Crippen molar-refractivity contribution in [2.75, 3.05) is 6.26 Å². The van der Waals surface area contributed by atoms with Gasteiger partial charge in [-0.25, -0.2) is 8.42 Å². The Hall–Kier alpha value is -2.01. The van der Waals surface area contributed by atoms with Crippen LogP contribution in [0.4, 0.5) is 0 Å². The monoisotopic (exact) mass is 306 g/mol. The van der Waals surface area contributed by atoms with E-state index in [1.807, 2.05) is 19.9 Å². The van der Waals surface area contributed by atoms with Crippen LogP contribution in [0.5, 0.6) is 11.5 Å². The standard InChI is InChI=1S/C16H18O4S/c1-11(2)20-16-9-6-13(10-15(16)17)12-4-7-14(8-5-12)21(3,18)19/h4-11,17H,1-3H3. The summed E-state index contributed by atoms with van der Waals surface area (Å²) in [5.41, 5.74) is 1.62. The molecule has 2 aromatic rings. The molecule has 0 aliphatic heterocycles. The Kier molecular flexibility index (Phi) is 4.23. The number of hydrogen-bond donors (Lipinski definition) is 1. The summed E-state index contributed by atoms with van der Waals surface area (Å²) in [5.74, 6) is 0.495. The zero-order valence-corrected chi connectivity index (χ0v) is 13.0. The molecule has 0 spiro atoms. The third-order valence-corrected chi connectivity index (χ3v) is 4.07. The van der Waals surface area contributed by atoms with Crippen LogP contribution >= 0.6 is 0 Å². The molecule has 4 nitrogen and oxygen atoms in total. The van der Waals surface area contributed by atoms with Crippen molar-refractivity contribution in [2.24, 2.45) is 0 Å². The molecule has 0 aromatic heterocycles. The van der Waals surface area contributed by atoms with Crippen molar-refractivity contribution in [1.82, 2.24) is 0 Å². The van der Waals surface area contributed by atoms with E-state index in [4.69, 9.17) is 4.74 Å². The van der Waals surface area contributed by atoms with Crippen molar-refractivity contribution >= 4 is 9.84 Å². The van der Waals surface area contributed by atoms with Gasteiger partial charge in [0, 0.05) is 6.26 Å². The summed E-state index contributed by atoms with van der Waals surface area (Å²) in [5, 5.41) is 9.96. The highest BCUT2D eigenvalue weighted by atomic mass is 32.2. The Morgan fingerprint density at radius 3 is 2.05 bits per heavy atom. The van der Waals surface area contributed by atoms with E-state index < -0.39 is 9.84 Å². The van der Waals surface area contributed by atoms with E-state index in [0.29, 0.717) is 5.75 Å². The van der Waals surface area contributed by atoms with Gasteiger partial charge in [-0.3, -0.25) is 0 Å². The normalized spacial score (nSPS) is 11.6. The summed E-state index contributed by atoms with van der Waals surface area (Å²) in [4.78, 5) is 0.273. The van der Waals surface area contributed by atoms with Crippen LogP contribution in [0.15, 0.2) is 47.4 Å². The van der Waals surface area contributed by atoms with Crippen molar-refractivity contribution in [1.29, 1.82) is 0 Å². The van der Waals surface area contributed by atoms with E-state index in [2.05, 4.69) is 0 Å². The lowest BCUT2D eigenvalue weighted by Crippen LogP contribution is -2.05. The van der Waals surface area contributed by atoms with Crippen LogP contribution in [0.3, 0.4) is 0 Å². The van der Waals surface area contributed by atoms with Crippen molar-refractivity contribution in [3.63, 3.8) is 0 Å². The van der Waals surface area contributed by atoms with Crippen LogP contribution in [-0.2, 0) is 9.84 Å². The van der Waals surface area contributed by atoms with Crippen LogP contribution in [0.25, 0.3) is 11.1 Å². The Morgan fingerprint density at radius 1 is 1.00 bits per heavy atom. The fourth-order valence-electron chi connectivity index (χ4n) is 1.95. The molecule has 0 unspecified atom stereocenters. The topological polar surface area (TPSA) is 63.6 Å². The Bertz CT molecular complexity index is 731. The van der Waals surface area contributed by atoms with Crippen molar-refractivity contribution in [3.05, 3.63) is 42.5 Å². The molecule has 0 bridgehead atoms. The van der Waals surface area contributed by atoms with E-state index in [-0.39, 0.29) is 16.7 Å². The largest absolute Gasteiger partial charge is 0.504 e. The van der Waals surface area contributed by atoms with Crippen LogP contribution in [0.2, 0.25) is 0 Å². The zero-order chi connectivity index (χ0) is 15.6. The number of hydrogen-bond acceptors (Lipinski definition) is 4. The van der Waals surface area contributed by atoms with Gasteiger partial charge in [0.1, 0.15) is 0 Å². The molecule has 0 fully saturated rings. The maximum atomic E-state index is 11.4. The van der Waals surface area contributed by atoms with Gasteiger partial charge in [0.15, 0.2) is 21.3 Å². The van der Waals surface area contributed by atoms with E-state index in [9.17, 15) is 13.5 Å². The molecule has 112 valence electrons. The Morgan fingerprint density at radius 2 is 1.57 bits per heavy atom. The molecule has 0 radical (unpaired) electrons. The van der Waals surface area contributed by atoms with Gasteiger partial charge in [-0.15, -0.1) is 0 Å². The van der Waals surface area contributed by atoms with Gasteiger partial charge >= 0.3 is 0 Å². The van der Waals surface area contributed by atoms with Gasteiger partial charge in [-0.05, 0) is 49.2 Å². The molecule has 2 rings (SSSR count). The predicted octanol–water partition coefficient (Wildman–Crippen LogP) is 3.25. The van der Waals surface area contributed by atoms with Crippen LogP contribution in [0, 0.1) is 0 Å². The molecular formula is C16H18O4S. The average molecular weight is 306 g/mol. The Labute approximate surface area is 124 Å². The second-order valence-corrected chi connectivity index (χ2v) is 7.16. The lowest BCUT2D eigenvalue weighted by Gasteiger charge is -2.12. The van der Waals surface area contributed by atoms with Crippen molar-refractivity contribution in [2.45, 2.75) is 24.8 Å². The van der Waals surface area contributed by atoms with Gasteiger partial charge in [0.25, 0.3) is 0 Å². The minimum absolute atomic E-state index is 0.0178. The van der Waals surface area contributed by atoms with Crippen molar-refractivity contribution in [3.8, 4) is 22.6 Å². The van der Waals surface area contributed by atoms with Gasteiger partial charge in [0.2, 0.25) is 0 Å². The number of aromatic hydroxyl groups is 1.